The number of hydrogen-bond acceptors (Lipinski definition) is 3. The molecule has 0 saturated carbocycles. The van der Waals surface area contributed by atoms with E-state index >= 15 is 0 Å². The van der Waals surface area contributed by atoms with Crippen LogP contribution in [-0.2, 0) is 6.42 Å². The summed E-state index contributed by atoms with van der Waals surface area (Å²) in [4.78, 5) is 11.3. The molecule has 0 fully saturated rings. The third-order valence-electron chi connectivity index (χ3n) is 1.94. The zero-order chi connectivity index (χ0) is 8.55. The second kappa shape index (κ2) is 2.55. The molecule has 1 aromatic heterocycles. The first-order valence-corrected chi connectivity index (χ1v) is 3.94. The molecule has 1 aliphatic heterocycles. The number of aryl methyl sites for hydroxylation is 1. The highest BCUT2D eigenvalue weighted by Gasteiger charge is 2.19. The van der Waals surface area contributed by atoms with E-state index in [2.05, 4.69) is 5.32 Å². The van der Waals surface area contributed by atoms with Gasteiger partial charge in [0.1, 0.15) is 0 Å². The Morgan fingerprint density at radius 3 is 3.25 bits per heavy atom. The number of carbonyl (C=O) groups is 1. The molecule has 2 rings (SSSR count). The van der Waals surface area contributed by atoms with Gasteiger partial charge in [0.05, 0.1) is 0 Å². The standard InChI is InChI=1S/C8H10N2O2/c9-6-4-5-2-1-3-10-8(11)7(5)12-6/h4H,1-3,9H2,(H,10,11). The lowest BCUT2D eigenvalue weighted by atomic mass is 10.1. The van der Waals surface area contributed by atoms with Crippen molar-refractivity contribution in [3.63, 3.8) is 0 Å². The van der Waals surface area contributed by atoms with Crippen molar-refractivity contribution >= 4 is 11.8 Å². The van der Waals surface area contributed by atoms with Crippen LogP contribution < -0.4 is 11.1 Å². The minimum absolute atomic E-state index is 0.154. The van der Waals surface area contributed by atoms with E-state index in [-0.39, 0.29) is 5.91 Å². The Morgan fingerprint density at radius 2 is 2.42 bits per heavy atom. The SMILES string of the molecule is Nc1cc2c(o1)C(=O)NCCC2. The molecule has 0 saturated heterocycles. The lowest BCUT2D eigenvalue weighted by Crippen LogP contribution is -2.22. The van der Waals surface area contributed by atoms with E-state index in [1.54, 1.807) is 6.07 Å². The van der Waals surface area contributed by atoms with Gasteiger partial charge in [-0.25, -0.2) is 0 Å². The zero-order valence-electron chi connectivity index (χ0n) is 6.59. The van der Waals surface area contributed by atoms with E-state index in [4.69, 9.17) is 10.2 Å². The van der Waals surface area contributed by atoms with E-state index in [1.807, 2.05) is 0 Å². The molecule has 0 aliphatic carbocycles. The molecule has 0 radical (unpaired) electrons. The molecule has 0 aromatic carbocycles. The molecule has 1 aliphatic rings. The Morgan fingerprint density at radius 1 is 1.58 bits per heavy atom. The molecule has 1 amide bonds. The quantitative estimate of drug-likeness (QED) is 0.591. The van der Waals surface area contributed by atoms with Crippen molar-refractivity contribution in [1.29, 1.82) is 0 Å². The Hall–Kier alpha value is -1.45. The van der Waals surface area contributed by atoms with E-state index in [0.717, 1.165) is 18.4 Å². The number of rotatable bonds is 0. The van der Waals surface area contributed by atoms with Crippen molar-refractivity contribution in [1.82, 2.24) is 5.32 Å². The summed E-state index contributed by atoms with van der Waals surface area (Å²) < 4.78 is 5.06. The summed E-state index contributed by atoms with van der Waals surface area (Å²) in [5.41, 5.74) is 6.34. The van der Waals surface area contributed by atoms with Crippen molar-refractivity contribution in [3.8, 4) is 0 Å². The first-order valence-electron chi connectivity index (χ1n) is 3.94. The fraction of sp³-hybridized carbons (Fsp3) is 0.375. The number of carbonyl (C=O) groups excluding carboxylic acids is 1. The summed E-state index contributed by atoms with van der Waals surface area (Å²) >= 11 is 0. The maximum Gasteiger partial charge on any atom is 0.287 e. The molecule has 3 N–H and O–H groups in total. The van der Waals surface area contributed by atoms with Crippen molar-refractivity contribution in [2.45, 2.75) is 12.8 Å². The molecule has 12 heavy (non-hydrogen) atoms. The summed E-state index contributed by atoms with van der Waals surface area (Å²) in [5, 5.41) is 2.73. The van der Waals surface area contributed by atoms with Crippen LogP contribution in [-0.4, -0.2) is 12.5 Å². The summed E-state index contributed by atoms with van der Waals surface area (Å²) in [5.74, 6) is 0.543. The monoisotopic (exact) mass is 166 g/mol. The fourth-order valence-electron chi connectivity index (χ4n) is 1.39. The van der Waals surface area contributed by atoms with Crippen molar-refractivity contribution in [2.24, 2.45) is 0 Å². The molecule has 0 spiro atoms. The first kappa shape index (κ1) is 7.21. The number of hydrogen-bond donors (Lipinski definition) is 2. The number of fused-ring (bicyclic) bond motifs is 1. The minimum Gasteiger partial charge on any atom is -0.436 e. The average Bonchev–Trinajstić information content (AvgIpc) is 2.33. The van der Waals surface area contributed by atoms with Gasteiger partial charge < -0.3 is 15.5 Å². The maximum absolute atomic E-state index is 11.3. The van der Waals surface area contributed by atoms with Crippen LogP contribution in [0.15, 0.2) is 10.5 Å². The third-order valence-corrected chi connectivity index (χ3v) is 1.94. The van der Waals surface area contributed by atoms with Gasteiger partial charge in [-0.3, -0.25) is 4.79 Å². The number of nitrogen functional groups attached to an aromatic ring is 1. The molecular formula is C8H10N2O2. The molecule has 0 atom stereocenters. The number of nitrogens with two attached hydrogens (primary N) is 1. The van der Waals surface area contributed by atoms with E-state index in [0.29, 0.717) is 18.2 Å². The summed E-state index contributed by atoms with van der Waals surface area (Å²) in [6.07, 6.45) is 1.80. The van der Waals surface area contributed by atoms with Gasteiger partial charge in [-0.2, -0.15) is 0 Å². The van der Waals surface area contributed by atoms with Crippen LogP contribution in [0.4, 0.5) is 5.88 Å². The number of anilines is 1. The highest BCUT2D eigenvalue weighted by Crippen LogP contribution is 2.20. The van der Waals surface area contributed by atoms with Crippen LogP contribution in [0.3, 0.4) is 0 Å². The second-order valence-corrected chi connectivity index (χ2v) is 2.86. The van der Waals surface area contributed by atoms with Gasteiger partial charge in [-0.05, 0) is 12.8 Å². The summed E-state index contributed by atoms with van der Waals surface area (Å²) in [7, 11) is 0. The normalized spacial score (nSPS) is 16.5. The molecule has 64 valence electrons. The second-order valence-electron chi connectivity index (χ2n) is 2.86. The van der Waals surface area contributed by atoms with E-state index in [1.165, 1.54) is 0 Å². The van der Waals surface area contributed by atoms with Crippen LogP contribution in [0.1, 0.15) is 22.5 Å². The topological polar surface area (TPSA) is 68.3 Å². The van der Waals surface area contributed by atoms with Gasteiger partial charge in [-0.1, -0.05) is 0 Å². The smallest absolute Gasteiger partial charge is 0.287 e. The van der Waals surface area contributed by atoms with Gasteiger partial charge in [0, 0.05) is 18.2 Å². The largest absolute Gasteiger partial charge is 0.436 e. The average molecular weight is 166 g/mol. The molecule has 4 heteroatoms. The first-order chi connectivity index (χ1) is 5.77. The van der Waals surface area contributed by atoms with Gasteiger partial charge >= 0.3 is 0 Å². The lowest BCUT2D eigenvalue weighted by Gasteiger charge is -1.95. The fourth-order valence-corrected chi connectivity index (χ4v) is 1.39. The summed E-state index contributed by atoms with van der Waals surface area (Å²) in [6.45, 7) is 0.711. The zero-order valence-corrected chi connectivity index (χ0v) is 6.59. The Balaban J connectivity index is 2.44. The molecule has 1 aromatic rings. The van der Waals surface area contributed by atoms with Crippen molar-refractivity contribution in [2.75, 3.05) is 12.3 Å². The highest BCUT2D eigenvalue weighted by molar-refractivity contribution is 5.93. The van der Waals surface area contributed by atoms with Gasteiger partial charge in [-0.15, -0.1) is 0 Å². The van der Waals surface area contributed by atoms with Crippen molar-refractivity contribution < 1.29 is 9.21 Å². The van der Waals surface area contributed by atoms with Crippen molar-refractivity contribution in [3.05, 3.63) is 17.4 Å². The van der Waals surface area contributed by atoms with Crippen LogP contribution in [0, 0.1) is 0 Å². The Labute approximate surface area is 69.7 Å². The van der Waals surface area contributed by atoms with Crippen LogP contribution in [0.25, 0.3) is 0 Å². The Kier molecular flexibility index (Phi) is 1.53. The predicted octanol–water partition coefficient (Wildman–Crippen LogP) is 0.538. The van der Waals surface area contributed by atoms with Gasteiger partial charge in [0.15, 0.2) is 11.6 Å². The molecule has 0 bridgehead atoms. The number of furan rings is 1. The van der Waals surface area contributed by atoms with E-state index < -0.39 is 0 Å². The molecule has 2 heterocycles. The predicted molar refractivity (Wildman–Crippen MR) is 43.8 cm³/mol. The van der Waals surface area contributed by atoms with Gasteiger partial charge in [0.2, 0.25) is 0 Å². The maximum atomic E-state index is 11.3. The molecular weight excluding hydrogens is 156 g/mol. The minimum atomic E-state index is -0.154. The molecule has 4 nitrogen and oxygen atoms in total. The third kappa shape index (κ3) is 1.05. The summed E-state index contributed by atoms with van der Waals surface area (Å²) in [6, 6.07) is 1.72. The van der Waals surface area contributed by atoms with Crippen LogP contribution >= 0.6 is 0 Å². The number of amides is 1. The van der Waals surface area contributed by atoms with E-state index in [9.17, 15) is 4.79 Å². The Bertz CT molecular complexity index is 317. The van der Waals surface area contributed by atoms with Crippen LogP contribution in [0.2, 0.25) is 0 Å². The number of nitrogens with one attached hydrogen (secondary N) is 1. The van der Waals surface area contributed by atoms with Crippen LogP contribution in [0.5, 0.6) is 0 Å². The van der Waals surface area contributed by atoms with Gasteiger partial charge in [0.25, 0.3) is 5.91 Å². The highest BCUT2D eigenvalue weighted by atomic mass is 16.4. The lowest BCUT2D eigenvalue weighted by molar-refractivity contribution is 0.0930. The molecule has 0 unspecified atom stereocenters.